The lowest BCUT2D eigenvalue weighted by Crippen LogP contribution is -2.43. The first-order valence-corrected chi connectivity index (χ1v) is 6.41. The Balaban J connectivity index is 1.76. The monoisotopic (exact) mass is 253 g/mol. The molecule has 0 amide bonds. The minimum atomic E-state index is -0.0108. The Morgan fingerprint density at radius 3 is 3.17 bits per heavy atom. The Morgan fingerprint density at radius 1 is 1.50 bits per heavy atom. The molecule has 0 aromatic carbocycles. The van der Waals surface area contributed by atoms with E-state index in [-0.39, 0.29) is 11.8 Å². The molecule has 1 fully saturated rings. The van der Waals surface area contributed by atoms with E-state index in [1.165, 1.54) is 0 Å². The van der Waals surface area contributed by atoms with Gasteiger partial charge in [0, 0.05) is 26.2 Å². The fourth-order valence-corrected chi connectivity index (χ4v) is 2.52. The standard InChI is InChI=1S/C11H19N5O2/c1-14-4-5-18-9(7-14)8-16-11(17)15-3-2-12-6-10(15)13-16/h9,12H,2-8H2,1H3. The average molecular weight is 253 g/mol. The summed E-state index contributed by atoms with van der Waals surface area (Å²) in [6.07, 6.45) is 0.0614. The molecule has 2 aliphatic heterocycles. The van der Waals surface area contributed by atoms with Crippen molar-refractivity contribution >= 4 is 0 Å². The average Bonchev–Trinajstić information content (AvgIpc) is 2.67. The van der Waals surface area contributed by atoms with Crippen LogP contribution < -0.4 is 11.0 Å². The van der Waals surface area contributed by atoms with Gasteiger partial charge in [0.05, 0.1) is 25.8 Å². The topological polar surface area (TPSA) is 64.3 Å². The van der Waals surface area contributed by atoms with E-state index in [2.05, 4.69) is 22.4 Å². The van der Waals surface area contributed by atoms with Crippen molar-refractivity contribution < 1.29 is 4.74 Å². The summed E-state index contributed by atoms with van der Waals surface area (Å²) in [4.78, 5) is 14.4. The summed E-state index contributed by atoms with van der Waals surface area (Å²) in [5.74, 6) is 0.829. The van der Waals surface area contributed by atoms with Crippen LogP contribution in [0.15, 0.2) is 4.79 Å². The van der Waals surface area contributed by atoms with Crippen molar-refractivity contribution in [2.75, 3.05) is 33.3 Å². The summed E-state index contributed by atoms with van der Waals surface area (Å²) >= 11 is 0. The van der Waals surface area contributed by atoms with Gasteiger partial charge in [-0.1, -0.05) is 0 Å². The molecule has 7 heteroatoms. The number of fused-ring (bicyclic) bond motifs is 1. The third kappa shape index (κ3) is 2.21. The lowest BCUT2D eigenvalue weighted by Gasteiger charge is -2.29. The fraction of sp³-hybridized carbons (Fsp3) is 0.818. The largest absolute Gasteiger partial charge is 0.374 e. The second kappa shape index (κ2) is 4.83. The summed E-state index contributed by atoms with van der Waals surface area (Å²) in [6, 6.07) is 0. The lowest BCUT2D eigenvalue weighted by atomic mass is 10.3. The van der Waals surface area contributed by atoms with Gasteiger partial charge in [0.15, 0.2) is 0 Å². The number of likely N-dealkylation sites (N-methyl/N-ethyl adjacent to an activating group) is 1. The molecule has 0 radical (unpaired) electrons. The molecule has 1 unspecified atom stereocenters. The quantitative estimate of drug-likeness (QED) is 0.693. The van der Waals surface area contributed by atoms with E-state index in [0.717, 1.165) is 32.1 Å². The molecule has 0 saturated carbocycles. The van der Waals surface area contributed by atoms with Crippen LogP contribution in [0.2, 0.25) is 0 Å². The van der Waals surface area contributed by atoms with Crippen LogP contribution in [-0.4, -0.2) is 58.6 Å². The number of rotatable bonds is 2. The molecule has 18 heavy (non-hydrogen) atoms. The highest BCUT2D eigenvalue weighted by Crippen LogP contribution is 2.05. The molecule has 0 bridgehead atoms. The van der Waals surface area contributed by atoms with Crippen LogP contribution in [0.1, 0.15) is 5.82 Å². The molecule has 0 aliphatic carbocycles. The molecule has 3 heterocycles. The number of ether oxygens (including phenoxy) is 1. The van der Waals surface area contributed by atoms with E-state index in [1.807, 2.05) is 0 Å². The number of aromatic nitrogens is 3. The summed E-state index contributed by atoms with van der Waals surface area (Å²) in [7, 11) is 2.07. The Kier molecular flexibility index (Phi) is 3.19. The molecule has 3 rings (SSSR count). The number of nitrogens with zero attached hydrogens (tertiary/aromatic N) is 4. The van der Waals surface area contributed by atoms with Crippen LogP contribution in [-0.2, 0) is 24.4 Å². The maximum atomic E-state index is 12.1. The Hall–Kier alpha value is -1.18. The van der Waals surface area contributed by atoms with Crippen molar-refractivity contribution in [3.05, 3.63) is 16.3 Å². The van der Waals surface area contributed by atoms with Gasteiger partial charge in [0.1, 0.15) is 5.82 Å². The van der Waals surface area contributed by atoms with Crippen LogP contribution in [0, 0.1) is 0 Å². The third-order valence-corrected chi connectivity index (χ3v) is 3.51. The smallest absolute Gasteiger partial charge is 0.346 e. The lowest BCUT2D eigenvalue weighted by molar-refractivity contribution is -0.0296. The summed E-state index contributed by atoms with van der Waals surface area (Å²) in [5, 5.41) is 7.59. The van der Waals surface area contributed by atoms with Crippen molar-refractivity contribution in [2.24, 2.45) is 0 Å². The van der Waals surface area contributed by atoms with E-state index in [0.29, 0.717) is 19.6 Å². The molecular weight excluding hydrogens is 234 g/mol. The number of nitrogens with one attached hydrogen (secondary N) is 1. The summed E-state index contributed by atoms with van der Waals surface area (Å²) in [5.41, 5.74) is -0.0108. The normalized spacial score (nSPS) is 25.1. The number of morpholine rings is 1. The van der Waals surface area contributed by atoms with Gasteiger partial charge >= 0.3 is 5.69 Å². The highest BCUT2D eigenvalue weighted by Gasteiger charge is 2.22. The molecule has 1 saturated heterocycles. The van der Waals surface area contributed by atoms with Crippen molar-refractivity contribution in [2.45, 2.75) is 25.7 Å². The molecule has 2 aliphatic rings. The van der Waals surface area contributed by atoms with Gasteiger partial charge in [0.2, 0.25) is 0 Å². The number of hydrogen-bond donors (Lipinski definition) is 1. The Labute approximate surface area is 105 Å². The predicted molar refractivity (Wildman–Crippen MR) is 65.4 cm³/mol. The molecule has 1 atom stereocenters. The third-order valence-electron chi connectivity index (χ3n) is 3.51. The van der Waals surface area contributed by atoms with Crippen molar-refractivity contribution in [1.29, 1.82) is 0 Å². The van der Waals surface area contributed by atoms with Gasteiger partial charge in [-0.3, -0.25) is 4.57 Å². The van der Waals surface area contributed by atoms with Crippen molar-refractivity contribution in [3.63, 3.8) is 0 Å². The van der Waals surface area contributed by atoms with Crippen LogP contribution in [0.3, 0.4) is 0 Å². The molecule has 1 aromatic rings. The van der Waals surface area contributed by atoms with Gasteiger partial charge in [-0.05, 0) is 7.05 Å². The highest BCUT2D eigenvalue weighted by atomic mass is 16.5. The maximum Gasteiger partial charge on any atom is 0.346 e. The SMILES string of the molecule is CN1CCOC(Cn2nc3n(c2=O)CCNC3)C1. The molecule has 1 aromatic heterocycles. The first-order valence-electron chi connectivity index (χ1n) is 6.41. The second-order valence-corrected chi connectivity index (χ2v) is 4.96. The molecule has 100 valence electrons. The van der Waals surface area contributed by atoms with Gasteiger partial charge in [0.25, 0.3) is 0 Å². The Morgan fingerprint density at radius 2 is 2.39 bits per heavy atom. The van der Waals surface area contributed by atoms with E-state index in [4.69, 9.17) is 4.74 Å². The van der Waals surface area contributed by atoms with E-state index in [9.17, 15) is 4.79 Å². The van der Waals surface area contributed by atoms with Crippen molar-refractivity contribution in [1.82, 2.24) is 24.6 Å². The van der Waals surface area contributed by atoms with Crippen LogP contribution >= 0.6 is 0 Å². The molecule has 1 N–H and O–H groups in total. The van der Waals surface area contributed by atoms with Gasteiger partial charge in [-0.2, -0.15) is 5.10 Å². The first kappa shape index (κ1) is 11.9. The molecule has 0 spiro atoms. The van der Waals surface area contributed by atoms with Gasteiger partial charge in [-0.15, -0.1) is 0 Å². The minimum absolute atomic E-state index is 0.0108. The minimum Gasteiger partial charge on any atom is -0.374 e. The number of hydrogen-bond acceptors (Lipinski definition) is 5. The van der Waals surface area contributed by atoms with E-state index in [1.54, 1.807) is 9.25 Å². The van der Waals surface area contributed by atoms with Gasteiger partial charge < -0.3 is 15.0 Å². The maximum absolute atomic E-state index is 12.1. The summed E-state index contributed by atoms with van der Waals surface area (Å²) in [6.45, 7) is 5.30. The molecular formula is C11H19N5O2. The first-order chi connectivity index (χ1) is 8.74. The Bertz CT molecular complexity index is 480. The second-order valence-electron chi connectivity index (χ2n) is 4.96. The van der Waals surface area contributed by atoms with Crippen LogP contribution in [0.25, 0.3) is 0 Å². The highest BCUT2D eigenvalue weighted by molar-refractivity contribution is 4.91. The molecule has 7 nitrogen and oxygen atoms in total. The zero-order valence-electron chi connectivity index (χ0n) is 10.6. The van der Waals surface area contributed by atoms with Crippen LogP contribution in [0.5, 0.6) is 0 Å². The van der Waals surface area contributed by atoms with E-state index < -0.39 is 0 Å². The van der Waals surface area contributed by atoms with Gasteiger partial charge in [-0.25, -0.2) is 9.48 Å². The predicted octanol–water partition coefficient (Wildman–Crippen LogP) is -1.52. The summed E-state index contributed by atoms with van der Waals surface area (Å²) < 4.78 is 8.97. The van der Waals surface area contributed by atoms with Crippen LogP contribution in [0.4, 0.5) is 0 Å². The van der Waals surface area contributed by atoms with Crippen molar-refractivity contribution in [3.8, 4) is 0 Å². The fourth-order valence-electron chi connectivity index (χ4n) is 2.52. The van der Waals surface area contributed by atoms with E-state index >= 15 is 0 Å². The zero-order chi connectivity index (χ0) is 12.5. The zero-order valence-corrected chi connectivity index (χ0v) is 10.6.